The van der Waals surface area contributed by atoms with E-state index in [1.54, 1.807) is 48.5 Å². The van der Waals surface area contributed by atoms with E-state index in [0.29, 0.717) is 22.0 Å². The van der Waals surface area contributed by atoms with Crippen LogP contribution < -0.4 is 9.64 Å². The summed E-state index contributed by atoms with van der Waals surface area (Å²) < 4.78 is 5.13. The number of carbonyl (C=O) groups excluding carboxylic acids is 3. The normalized spacial score (nSPS) is 15.3. The van der Waals surface area contributed by atoms with Gasteiger partial charge in [0.15, 0.2) is 0 Å². The number of imide groups is 1. The fourth-order valence-corrected chi connectivity index (χ4v) is 4.08. The summed E-state index contributed by atoms with van der Waals surface area (Å²) in [5.74, 6) is -0.992. The summed E-state index contributed by atoms with van der Waals surface area (Å²) in [6, 6.07) is 17.3. The minimum Gasteiger partial charge on any atom is -0.497 e. The van der Waals surface area contributed by atoms with E-state index in [1.807, 2.05) is 0 Å². The number of carbonyl (C=O) groups is 3. The number of hydrogen-bond donors (Lipinski definition) is 0. The summed E-state index contributed by atoms with van der Waals surface area (Å²) in [5, 5.41) is 11.4. The molecular weight excluding hydrogens is 474 g/mol. The third-order valence-corrected chi connectivity index (χ3v) is 6.08. The molecule has 178 valence electrons. The summed E-state index contributed by atoms with van der Waals surface area (Å²) in [6.45, 7) is -0.0321. The molecule has 0 radical (unpaired) electrons. The summed E-state index contributed by atoms with van der Waals surface area (Å²) in [7, 11) is 1.51. The number of halogens is 1. The maximum absolute atomic E-state index is 13.5. The maximum Gasteiger partial charge on any atom is 0.269 e. The van der Waals surface area contributed by atoms with Gasteiger partial charge in [0.05, 0.1) is 24.1 Å². The van der Waals surface area contributed by atoms with Gasteiger partial charge >= 0.3 is 0 Å². The summed E-state index contributed by atoms with van der Waals surface area (Å²) in [5.41, 5.74) is 0.930. The van der Waals surface area contributed by atoms with Crippen molar-refractivity contribution in [1.82, 2.24) is 4.90 Å². The minimum atomic E-state index is -1.08. The zero-order valence-electron chi connectivity index (χ0n) is 18.6. The third-order valence-electron chi connectivity index (χ3n) is 5.71. The Morgan fingerprint density at radius 3 is 2.34 bits per heavy atom. The number of anilines is 1. The van der Waals surface area contributed by atoms with E-state index in [2.05, 4.69) is 0 Å². The second-order valence-corrected chi connectivity index (χ2v) is 8.22. The first-order valence-corrected chi connectivity index (χ1v) is 11.0. The largest absolute Gasteiger partial charge is 0.497 e. The Morgan fingerprint density at radius 2 is 1.74 bits per heavy atom. The van der Waals surface area contributed by atoms with Crippen molar-refractivity contribution in [3.05, 3.63) is 99.1 Å². The number of methoxy groups -OCH3 is 1. The van der Waals surface area contributed by atoms with E-state index in [0.717, 1.165) is 4.90 Å². The van der Waals surface area contributed by atoms with Crippen LogP contribution in [0.25, 0.3) is 0 Å². The molecule has 1 unspecified atom stereocenters. The lowest BCUT2D eigenvalue weighted by molar-refractivity contribution is -0.384. The van der Waals surface area contributed by atoms with E-state index in [1.165, 1.54) is 36.3 Å². The number of rotatable bonds is 7. The van der Waals surface area contributed by atoms with Crippen molar-refractivity contribution in [3.63, 3.8) is 0 Å². The minimum absolute atomic E-state index is 0.0321. The van der Waals surface area contributed by atoms with Crippen LogP contribution in [-0.2, 0) is 16.1 Å². The molecule has 1 atom stereocenters. The average Bonchev–Trinajstić information content (AvgIpc) is 3.16. The summed E-state index contributed by atoms with van der Waals surface area (Å²) in [4.78, 5) is 52.6. The summed E-state index contributed by atoms with van der Waals surface area (Å²) in [6.07, 6.45) is -0.214. The van der Waals surface area contributed by atoms with Crippen molar-refractivity contribution in [2.45, 2.75) is 19.0 Å². The van der Waals surface area contributed by atoms with Gasteiger partial charge in [-0.05, 0) is 48.0 Å². The molecule has 0 spiro atoms. The van der Waals surface area contributed by atoms with E-state index < -0.39 is 28.7 Å². The molecule has 1 saturated heterocycles. The highest BCUT2D eigenvalue weighted by Gasteiger charge is 2.44. The van der Waals surface area contributed by atoms with Crippen LogP contribution in [0.1, 0.15) is 22.3 Å². The molecule has 1 aliphatic heterocycles. The van der Waals surface area contributed by atoms with Crippen molar-refractivity contribution in [3.8, 4) is 5.75 Å². The van der Waals surface area contributed by atoms with Gasteiger partial charge in [0.1, 0.15) is 11.8 Å². The molecule has 9 nitrogen and oxygen atoms in total. The van der Waals surface area contributed by atoms with Crippen LogP contribution >= 0.6 is 11.6 Å². The molecule has 1 heterocycles. The molecule has 10 heteroatoms. The van der Waals surface area contributed by atoms with Crippen LogP contribution in [-0.4, -0.2) is 40.7 Å². The number of hydrogen-bond acceptors (Lipinski definition) is 6. The molecule has 3 amide bonds. The highest BCUT2D eigenvalue weighted by molar-refractivity contribution is 6.31. The predicted octanol–water partition coefficient (Wildman–Crippen LogP) is 4.23. The average molecular weight is 494 g/mol. The van der Waals surface area contributed by atoms with E-state index in [-0.39, 0.29) is 24.2 Å². The van der Waals surface area contributed by atoms with Crippen LogP contribution in [0.3, 0.4) is 0 Å². The highest BCUT2D eigenvalue weighted by atomic mass is 35.5. The molecule has 0 aromatic heterocycles. The smallest absolute Gasteiger partial charge is 0.269 e. The van der Waals surface area contributed by atoms with Crippen molar-refractivity contribution >= 4 is 40.7 Å². The Labute approximate surface area is 205 Å². The van der Waals surface area contributed by atoms with Crippen LogP contribution in [0, 0.1) is 10.1 Å². The lowest BCUT2D eigenvalue weighted by Gasteiger charge is -2.28. The number of benzene rings is 3. The Balaban J connectivity index is 1.69. The molecule has 35 heavy (non-hydrogen) atoms. The van der Waals surface area contributed by atoms with Gasteiger partial charge in [-0.2, -0.15) is 0 Å². The van der Waals surface area contributed by atoms with E-state index >= 15 is 0 Å². The maximum atomic E-state index is 13.5. The number of non-ortho nitro benzene ring substituents is 1. The molecule has 0 aliphatic carbocycles. The standard InChI is InChI=1S/C25H20ClN3O6/c1-35-20-12-10-18(11-13-20)28-23(30)14-22(25(28)32)27(15-17-4-2-3-5-21(17)26)24(31)16-6-8-19(9-7-16)29(33)34/h2-13,22H,14-15H2,1H3. The Bertz CT molecular complexity index is 1290. The second kappa shape index (κ2) is 9.94. The number of ether oxygens (including phenoxy) is 1. The molecule has 0 saturated carbocycles. The van der Waals surface area contributed by atoms with Crippen LogP contribution in [0.4, 0.5) is 11.4 Å². The quantitative estimate of drug-likeness (QED) is 0.277. The SMILES string of the molecule is COc1ccc(N2C(=O)CC(N(Cc3ccccc3Cl)C(=O)c3ccc([N+](=O)[O-])cc3)C2=O)cc1. The fraction of sp³-hybridized carbons (Fsp3) is 0.160. The molecule has 1 aliphatic rings. The van der Waals surface area contributed by atoms with Gasteiger partial charge in [0.25, 0.3) is 17.5 Å². The molecule has 0 bridgehead atoms. The predicted molar refractivity (Wildman–Crippen MR) is 128 cm³/mol. The Kier molecular flexibility index (Phi) is 6.79. The Hall–Kier alpha value is -4.24. The van der Waals surface area contributed by atoms with Gasteiger partial charge in [-0.25, -0.2) is 4.90 Å². The van der Waals surface area contributed by atoms with Gasteiger partial charge in [-0.1, -0.05) is 29.8 Å². The summed E-state index contributed by atoms with van der Waals surface area (Å²) >= 11 is 6.31. The van der Waals surface area contributed by atoms with E-state index in [9.17, 15) is 24.5 Å². The van der Waals surface area contributed by atoms with Gasteiger partial charge in [-0.3, -0.25) is 24.5 Å². The first kappa shape index (κ1) is 23.9. The van der Waals surface area contributed by atoms with Crippen molar-refractivity contribution in [2.75, 3.05) is 12.0 Å². The number of amides is 3. The van der Waals surface area contributed by atoms with Crippen LogP contribution in [0.5, 0.6) is 5.75 Å². The van der Waals surface area contributed by atoms with Crippen LogP contribution in [0.2, 0.25) is 5.02 Å². The van der Waals surface area contributed by atoms with Gasteiger partial charge in [0.2, 0.25) is 5.91 Å². The zero-order valence-corrected chi connectivity index (χ0v) is 19.3. The highest BCUT2D eigenvalue weighted by Crippen LogP contribution is 2.30. The van der Waals surface area contributed by atoms with Gasteiger partial charge in [-0.15, -0.1) is 0 Å². The molecule has 0 N–H and O–H groups in total. The molecule has 1 fully saturated rings. The van der Waals surface area contributed by atoms with Gasteiger partial charge in [0, 0.05) is 29.3 Å². The number of nitrogens with zero attached hydrogens (tertiary/aromatic N) is 3. The lowest BCUT2D eigenvalue weighted by Crippen LogP contribution is -2.45. The number of nitro benzene ring substituents is 1. The first-order chi connectivity index (χ1) is 16.8. The molecular formula is C25H20ClN3O6. The molecule has 4 rings (SSSR count). The topological polar surface area (TPSA) is 110 Å². The lowest BCUT2D eigenvalue weighted by atomic mass is 10.1. The third kappa shape index (κ3) is 4.85. The van der Waals surface area contributed by atoms with Crippen molar-refractivity contribution < 1.29 is 24.0 Å². The Morgan fingerprint density at radius 1 is 1.09 bits per heavy atom. The first-order valence-electron chi connectivity index (χ1n) is 10.6. The van der Waals surface area contributed by atoms with Crippen molar-refractivity contribution in [1.29, 1.82) is 0 Å². The molecule has 3 aromatic carbocycles. The fourth-order valence-electron chi connectivity index (χ4n) is 3.89. The molecule has 3 aromatic rings. The van der Waals surface area contributed by atoms with Gasteiger partial charge < -0.3 is 9.64 Å². The number of nitro groups is 1. The zero-order chi connectivity index (χ0) is 25.1. The monoisotopic (exact) mass is 493 g/mol. The van der Waals surface area contributed by atoms with Crippen LogP contribution in [0.15, 0.2) is 72.8 Å². The second-order valence-electron chi connectivity index (χ2n) is 7.81. The van der Waals surface area contributed by atoms with E-state index in [4.69, 9.17) is 16.3 Å². The van der Waals surface area contributed by atoms with Crippen molar-refractivity contribution in [2.24, 2.45) is 0 Å².